The third kappa shape index (κ3) is 4.16. The first-order valence-corrected chi connectivity index (χ1v) is 7.21. The Balaban J connectivity index is 1.94. The minimum atomic E-state index is 0.493. The molecule has 1 fully saturated rings. The zero-order chi connectivity index (χ0) is 13.5. The third-order valence-corrected chi connectivity index (χ3v) is 3.37. The Morgan fingerprint density at radius 3 is 2.53 bits per heavy atom. The Bertz CT molecular complexity index is 405. The van der Waals surface area contributed by atoms with Gasteiger partial charge in [-0.3, -0.25) is 4.99 Å². The summed E-state index contributed by atoms with van der Waals surface area (Å²) >= 11 is 0. The fourth-order valence-electron chi connectivity index (χ4n) is 2.33. The molecule has 1 saturated heterocycles. The summed E-state index contributed by atoms with van der Waals surface area (Å²) in [6, 6.07) is 8.44. The van der Waals surface area contributed by atoms with Crippen LogP contribution in [0.4, 0.5) is 11.4 Å². The van der Waals surface area contributed by atoms with Crippen molar-refractivity contribution in [3.63, 3.8) is 0 Å². The molecule has 0 saturated carbocycles. The Labute approximate surface area is 115 Å². The largest absolute Gasteiger partial charge is 0.372 e. The van der Waals surface area contributed by atoms with Crippen LogP contribution in [0.5, 0.6) is 0 Å². The van der Waals surface area contributed by atoms with Crippen LogP contribution in [0.3, 0.4) is 0 Å². The van der Waals surface area contributed by atoms with Crippen molar-refractivity contribution in [3.05, 3.63) is 24.3 Å². The van der Waals surface area contributed by atoms with E-state index in [2.05, 4.69) is 46.4 Å². The Hall–Kier alpha value is -1.71. The van der Waals surface area contributed by atoms with Gasteiger partial charge in [-0.2, -0.15) is 0 Å². The molecule has 0 radical (unpaired) electrons. The lowest BCUT2D eigenvalue weighted by Gasteiger charge is -2.28. The maximum absolute atomic E-state index is 5.80. The van der Waals surface area contributed by atoms with Gasteiger partial charge in [-0.15, -0.1) is 0 Å². The summed E-state index contributed by atoms with van der Waals surface area (Å²) in [6.07, 6.45) is 4.98. The number of anilines is 2. The van der Waals surface area contributed by atoms with Crippen molar-refractivity contribution in [2.45, 2.75) is 32.6 Å². The van der Waals surface area contributed by atoms with Crippen molar-refractivity contribution in [1.29, 1.82) is 0 Å². The van der Waals surface area contributed by atoms with Crippen LogP contribution >= 0.6 is 0 Å². The molecule has 1 heterocycles. The molecular weight excluding hydrogens is 236 g/mol. The van der Waals surface area contributed by atoms with Gasteiger partial charge in [-0.05, 0) is 49.9 Å². The fraction of sp³-hybridized carbons (Fsp3) is 0.533. The van der Waals surface area contributed by atoms with E-state index in [1.165, 1.54) is 38.0 Å². The number of guanidine groups is 1. The van der Waals surface area contributed by atoms with Crippen LogP contribution in [-0.2, 0) is 0 Å². The van der Waals surface area contributed by atoms with E-state index < -0.39 is 0 Å². The number of hydrogen-bond acceptors (Lipinski definition) is 2. The monoisotopic (exact) mass is 260 g/mol. The number of benzene rings is 1. The third-order valence-electron chi connectivity index (χ3n) is 3.37. The summed E-state index contributed by atoms with van der Waals surface area (Å²) < 4.78 is 0. The van der Waals surface area contributed by atoms with Crippen molar-refractivity contribution in [1.82, 2.24) is 0 Å². The smallest absolute Gasteiger partial charge is 0.193 e. The van der Waals surface area contributed by atoms with Crippen LogP contribution in [0.2, 0.25) is 0 Å². The van der Waals surface area contributed by atoms with Crippen LogP contribution in [0, 0.1) is 0 Å². The molecule has 1 aliphatic rings. The van der Waals surface area contributed by atoms with E-state index in [1.807, 2.05) is 0 Å². The zero-order valence-electron chi connectivity index (χ0n) is 11.7. The van der Waals surface area contributed by atoms with E-state index in [4.69, 9.17) is 5.73 Å². The zero-order valence-corrected chi connectivity index (χ0v) is 11.7. The molecule has 1 aromatic carbocycles. The topological polar surface area (TPSA) is 53.6 Å². The predicted octanol–water partition coefficient (Wildman–Crippen LogP) is 2.81. The van der Waals surface area contributed by atoms with Crippen LogP contribution in [0.1, 0.15) is 32.6 Å². The van der Waals surface area contributed by atoms with Gasteiger partial charge in [0.25, 0.3) is 0 Å². The SMILES string of the molecule is CCCN=C(N)Nc1ccc(N2CCCCC2)cc1. The highest BCUT2D eigenvalue weighted by Crippen LogP contribution is 2.21. The molecule has 104 valence electrons. The van der Waals surface area contributed by atoms with Crippen molar-refractivity contribution in [2.75, 3.05) is 29.9 Å². The average molecular weight is 260 g/mol. The van der Waals surface area contributed by atoms with Gasteiger partial charge in [0.2, 0.25) is 0 Å². The molecule has 1 aliphatic heterocycles. The molecule has 1 aromatic rings. The van der Waals surface area contributed by atoms with Gasteiger partial charge in [-0.25, -0.2) is 0 Å². The molecule has 0 atom stereocenters. The lowest BCUT2D eigenvalue weighted by Crippen LogP contribution is -2.29. The van der Waals surface area contributed by atoms with Crippen LogP contribution in [0.15, 0.2) is 29.3 Å². The van der Waals surface area contributed by atoms with Gasteiger partial charge >= 0.3 is 0 Å². The molecule has 19 heavy (non-hydrogen) atoms. The average Bonchev–Trinajstić information content (AvgIpc) is 2.47. The van der Waals surface area contributed by atoms with Crippen molar-refractivity contribution in [3.8, 4) is 0 Å². The molecular formula is C15H24N4. The van der Waals surface area contributed by atoms with E-state index in [-0.39, 0.29) is 0 Å². The van der Waals surface area contributed by atoms with Crippen LogP contribution in [0.25, 0.3) is 0 Å². The summed E-state index contributed by atoms with van der Waals surface area (Å²) in [5.41, 5.74) is 8.10. The van der Waals surface area contributed by atoms with E-state index in [1.54, 1.807) is 0 Å². The van der Waals surface area contributed by atoms with Gasteiger partial charge < -0.3 is 16.0 Å². The van der Waals surface area contributed by atoms with E-state index in [0.29, 0.717) is 5.96 Å². The standard InChI is InChI=1S/C15H24N4/c1-2-10-17-15(16)18-13-6-8-14(9-7-13)19-11-4-3-5-12-19/h6-9H,2-5,10-12H2,1H3,(H3,16,17,18). The second-order valence-corrected chi connectivity index (χ2v) is 4.99. The summed E-state index contributed by atoms with van der Waals surface area (Å²) in [7, 11) is 0. The highest BCUT2D eigenvalue weighted by molar-refractivity contribution is 5.92. The first-order valence-electron chi connectivity index (χ1n) is 7.21. The number of nitrogens with two attached hydrogens (primary N) is 1. The van der Waals surface area contributed by atoms with E-state index in [0.717, 1.165) is 18.7 Å². The number of nitrogens with one attached hydrogen (secondary N) is 1. The normalized spacial score (nSPS) is 16.5. The first kappa shape index (κ1) is 13.7. The van der Waals surface area contributed by atoms with Gasteiger partial charge in [0.1, 0.15) is 0 Å². The second kappa shape index (κ2) is 7.02. The minimum Gasteiger partial charge on any atom is -0.372 e. The van der Waals surface area contributed by atoms with Gasteiger partial charge in [0.05, 0.1) is 0 Å². The van der Waals surface area contributed by atoms with Crippen LogP contribution in [-0.4, -0.2) is 25.6 Å². The Kier molecular flexibility index (Phi) is 5.07. The highest BCUT2D eigenvalue weighted by Gasteiger charge is 2.10. The molecule has 0 amide bonds. The van der Waals surface area contributed by atoms with Crippen molar-refractivity contribution < 1.29 is 0 Å². The summed E-state index contributed by atoms with van der Waals surface area (Å²) in [4.78, 5) is 6.67. The number of hydrogen-bond donors (Lipinski definition) is 2. The van der Waals surface area contributed by atoms with Gasteiger partial charge in [-0.1, -0.05) is 6.92 Å². The maximum Gasteiger partial charge on any atom is 0.193 e. The second-order valence-electron chi connectivity index (χ2n) is 4.99. The quantitative estimate of drug-likeness (QED) is 0.646. The maximum atomic E-state index is 5.80. The van der Waals surface area contributed by atoms with Crippen LogP contribution < -0.4 is 16.0 Å². The molecule has 4 nitrogen and oxygen atoms in total. The molecule has 2 rings (SSSR count). The highest BCUT2D eigenvalue weighted by atomic mass is 15.1. The van der Waals surface area contributed by atoms with Gasteiger partial charge in [0, 0.05) is 31.0 Å². The predicted molar refractivity (Wildman–Crippen MR) is 82.9 cm³/mol. The van der Waals surface area contributed by atoms with E-state index in [9.17, 15) is 0 Å². The van der Waals surface area contributed by atoms with Crippen molar-refractivity contribution in [2.24, 2.45) is 10.7 Å². The Morgan fingerprint density at radius 1 is 1.21 bits per heavy atom. The lowest BCUT2D eigenvalue weighted by atomic mass is 10.1. The molecule has 0 unspecified atom stereocenters. The first-order chi connectivity index (χ1) is 9.29. The molecule has 3 N–H and O–H groups in total. The van der Waals surface area contributed by atoms with E-state index >= 15 is 0 Å². The molecule has 0 spiro atoms. The summed E-state index contributed by atoms with van der Waals surface area (Å²) in [5.74, 6) is 0.493. The van der Waals surface area contributed by atoms with Gasteiger partial charge in [0.15, 0.2) is 5.96 Å². The number of nitrogens with zero attached hydrogens (tertiary/aromatic N) is 2. The summed E-state index contributed by atoms with van der Waals surface area (Å²) in [6.45, 7) is 5.20. The number of aliphatic imine (C=N–C) groups is 1. The number of piperidine rings is 1. The molecule has 0 aliphatic carbocycles. The molecule has 0 aromatic heterocycles. The molecule has 4 heteroatoms. The number of rotatable bonds is 4. The molecule has 0 bridgehead atoms. The Morgan fingerprint density at radius 2 is 1.89 bits per heavy atom. The minimum absolute atomic E-state index is 0.493. The lowest BCUT2D eigenvalue weighted by molar-refractivity contribution is 0.578. The summed E-state index contributed by atoms with van der Waals surface area (Å²) in [5, 5.41) is 3.12. The fourth-order valence-corrected chi connectivity index (χ4v) is 2.33. The van der Waals surface area contributed by atoms with Crippen molar-refractivity contribution >= 4 is 17.3 Å².